The van der Waals surface area contributed by atoms with Crippen molar-refractivity contribution in [3.8, 4) is 0 Å². The largest absolute Gasteiger partial charge is 0.309 e. The van der Waals surface area contributed by atoms with Gasteiger partial charge in [0.05, 0.1) is 0 Å². The summed E-state index contributed by atoms with van der Waals surface area (Å²) in [5.74, 6) is 1.08. The average Bonchev–Trinajstić information content (AvgIpc) is 2.87. The number of aromatic nitrogens is 3. The van der Waals surface area contributed by atoms with Gasteiger partial charge < -0.3 is 5.32 Å². The van der Waals surface area contributed by atoms with Gasteiger partial charge in [0.25, 0.3) is 0 Å². The Morgan fingerprint density at radius 2 is 2.26 bits per heavy atom. The summed E-state index contributed by atoms with van der Waals surface area (Å²) in [5.41, 5.74) is 2.88. The monoisotopic (exact) mass is 256 g/mol. The molecule has 3 rings (SSSR count). The summed E-state index contributed by atoms with van der Waals surface area (Å²) in [6, 6.07) is 9.08. The lowest BCUT2D eigenvalue weighted by molar-refractivity contribution is 0.470. The summed E-state index contributed by atoms with van der Waals surface area (Å²) in [5, 5.41) is 7.91. The molecular formula is C15H20N4. The number of benzene rings is 1. The van der Waals surface area contributed by atoms with Gasteiger partial charge in [-0.15, -0.1) is 0 Å². The number of nitrogens with zero attached hydrogens (tertiary/aromatic N) is 3. The predicted molar refractivity (Wildman–Crippen MR) is 74.9 cm³/mol. The standard InChI is InChI=1S/C15H20N4/c1-2-9-19-15(17-11-18-19)10-14-13-6-4-3-5-12(13)7-8-16-14/h3-6,11,14,16H,2,7-10H2,1H3. The zero-order valence-corrected chi connectivity index (χ0v) is 11.3. The van der Waals surface area contributed by atoms with Crippen molar-refractivity contribution in [2.24, 2.45) is 0 Å². The summed E-state index contributed by atoms with van der Waals surface area (Å²) >= 11 is 0. The van der Waals surface area contributed by atoms with E-state index in [9.17, 15) is 0 Å². The van der Waals surface area contributed by atoms with Crippen molar-refractivity contribution in [1.29, 1.82) is 0 Å². The van der Waals surface area contributed by atoms with Crippen molar-refractivity contribution >= 4 is 0 Å². The van der Waals surface area contributed by atoms with Crippen molar-refractivity contribution < 1.29 is 0 Å². The van der Waals surface area contributed by atoms with E-state index < -0.39 is 0 Å². The number of nitrogens with one attached hydrogen (secondary N) is 1. The number of hydrogen-bond donors (Lipinski definition) is 1. The van der Waals surface area contributed by atoms with Crippen LogP contribution in [-0.4, -0.2) is 21.3 Å². The molecule has 1 atom stereocenters. The minimum atomic E-state index is 0.366. The maximum absolute atomic E-state index is 4.41. The van der Waals surface area contributed by atoms with Crippen molar-refractivity contribution in [1.82, 2.24) is 20.1 Å². The van der Waals surface area contributed by atoms with Gasteiger partial charge in [-0.2, -0.15) is 5.10 Å². The van der Waals surface area contributed by atoms with Crippen molar-refractivity contribution in [2.75, 3.05) is 6.54 Å². The highest BCUT2D eigenvalue weighted by Crippen LogP contribution is 2.25. The van der Waals surface area contributed by atoms with Crippen LogP contribution in [-0.2, 0) is 19.4 Å². The molecule has 100 valence electrons. The Morgan fingerprint density at radius 1 is 1.37 bits per heavy atom. The summed E-state index contributed by atoms with van der Waals surface area (Å²) in [7, 11) is 0. The molecule has 19 heavy (non-hydrogen) atoms. The fourth-order valence-electron chi connectivity index (χ4n) is 2.80. The van der Waals surface area contributed by atoms with E-state index in [1.54, 1.807) is 6.33 Å². The van der Waals surface area contributed by atoms with E-state index in [-0.39, 0.29) is 0 Å². The van der Waals surface area contributed by atoms with Gasteiger partial charge in [0.1, 0.15) is 12.2 Å². The zero-order chi connectivity index (χ0) is 13.1. The van der Waals surface area contributed by atoms with E-state index in [1.165, 1.54) is 11.1 Å². The lowest BCUT2D eigenvalue weighted by Gasteiger charge is -2.26. The third-order valence-electron chi connectivity index (χ3n) is 3.73. The second-order valence-corrected chi connectivity index (χ2v) is 5.06. The van der Waals surface area contributed by atoms with Gasteiger partial charge in [-0.3, -0.25) is 4.68 Å². The van der Waals surface area contributed by atoms with E-state index >= 15 is 0 Å². The highest BCUT2D eigenvalue weighted by Gasteiger charge is 2.21. The van der Waals surface area contributed by atoms with Crippen molar-refractivity contribution in [2.45, 2.75) is 38.8 Å². The van der Waals surface area contributed by atoms with Crippen LogP contribution < -0.4 is 5.32 Å². The number of rotatable bonds is 4. The Hall–Kier alpha value is -1.68. The fourth-order valence-corrected chi connectivity index (χ4v) is 2.80. The molecule has 1 N–H and O–H groups in total. The van der Waals surface area contributed by atoms with E-state index in [0.717, 1.165) is 38.2 Å². The summed E-state index contributed by atoms with van der Waals surface area (Å²) in [6.07, 6.45) is 4.79. The molecule has 4 nitrogen and oxygen atoms in total. The maximum Gasteiger partial charge on any atom is 0.138 e. The molecule has 4 heteroatoms. The summed E-state index contributed by atoms with van der Waals surface area (Å²) in [4.78, 5) is 4.41. The van der Waals surface area contributed by atoms with Crippen LogP contribution in [0.1, 0.15) is 36.3 Å². The molecule has 0 fully saturated rings. The molecular weight excluding hydrogens is 236 g/mol. The number of fused-ring (bicyclic) bond motifs is 1. The smallest absolute Gasteiger partial charge is 0.138 e. The summed E-state index contributed by atoms with van der Waals surface area (Å²) in [6.45, 7) is 4.16. The fraction of sp³-hybridized carbons (Fsp3) is 0.467. The van der Waals surface area contributed by atoms with Gasteiger partial charge in [-0.05, 0) is 30.5 Å². The first-order chi connectivity index (χ1) is 9.38. The van der Waals surface area contributed by atoms with Crippen LogP contribution in [0.25, 0.3) is 0 Å². The van der Waals surface area contributed by atoms with E-state index in [1.807, 2.05) is 4.68 Å². The Labute approximate surface area is 113 Å². The third-order valence-corrected chi connectivity index (χ3v) is 3.73. The van der Waals surface area contributed by atoms with Gasteiger partial charge in [-0.25, -0.2) is 4.98 Å². The highest BCUT2D eigenvalue weighted by molar-refractivity contribution is 5.32. The van der Waals surface area contributed by atoms with Gasteiger partial charge >= 0.3 is 0 Å². The molecule has 1 aromatic carbocycles. The van der Waals surface area contributed by atoms with Crippen LogP contribution in [0.2, 0.25) is 0 Å². The minimum Gasteiger partial charge on any atom is -0.309 e. The molecule has 0 bridgehead atoms. The van der Waals surface area contributed by atoms with E-state index in [4.69, 9.17) is 0 Å². The molecule has 0 aliphatic carbocycles. The number of hydrogen-bond acceptors (Lipinski definition) is 3. The van der Waals surface area contributed by atoms with Crippen LogP contribution in [0, 0.1) is 0 Å². The SMILES string of the molecule is CCCn1ncnc1CC1NCCc2ccccc21. The number of aryl methyl sites for hydroxylation is 1. The molecule has 1 aliphatic heterocycles. The Bertz CT molecular complexity index is 547. The lowest BCUT2D eigenvalue weighted by Crippen LogP contribution is -2.32. The Morgan fingerprint density at radius 3 is 3.16 bits per heavy atom. The first-order valence-electron chi connectivity index (χ1n) is 7.06. The molecule has 0 amide bonds. The lowest BCUT2D eigenvalue weighted by atomic mass is 9.92. The molecule has 2 aromatic rings. The van der Waals surface area contributed by atoms with Gasteiger partial charge in [-0.1, -0.05) is 31.2 Å². The van der Waals surface area contributed by atoms with Crippen molar-refractivity contribution in [3.63, 3.8) is 0 Å². The van der Waals surface area contributed by atoms with Gasteiger partial charge in [0, 0.05) is 19.0 Å². The molecule has 1 unspecified atom stereocenters. The van der Waals surface area contributed by atoms with E-state index in [0.29, 0.717) is 6.04 Å². The highest BCUT2D eigenvalue weighted by atomic mass is 15.3. The van der Waals surface area contributed by atoms with Gasteiger partial charge in [0.15, 0.2) is 0 Å². The first kappa shape index (κ1) is 12.4. The second-order valence-electron chi connectivity index (χ2n) is 5.06. The topological polar surface area (TPSA) is 42.7 Å². The molecule has 1 aliphatic rings. The van der Waals surface area contributed by atoms with Gasteiger partial charge in [0.2, 0.25) is 0 Å². The van der Waals surface area contributed by atoms with Crippen LogP contribution in [0.15, 0.2) is 30.6 Å². The quantitative estimate of drug-likeness (QED) is 0.911. The molecule has 2 heterocycles. The first-order valence-corrected chi connectivity index (χ1v) is 7.06. The normalized spacial score (nSPS) is 18.3. The predicted octanol–water partition coefficient (Wildman–Crippen LogP) is 2.12. The molecule has 0 radical (unpaired) electrons. The molecule has 0 saturated heterocycles. The van der Waals surface area contributed by atoms with E-state index in [2.05, 4.69) is 46.6 Å². The van der Waals surface area contributed by atoms with Crippen LogP contribution in [0.4, 0.5) is 0 Å². The Kier molecular flexibility index (Phi) is 3.60. The van der Waals surface area contributed by atoms with Crippen molar-refractivity contribution in [3.05, 3.63) is 47.5 Å². The minimum absolute atomic E-state index is 0.366. The Balaban J connectivity index is 1.82. The zero-order valence-electron chi connectivity index (χ0n) is 11.3. The maximum atomic E-state index is 4.41. The molecule has 0 spiro atoms. The van der Waals surface area contributed by atoms with Crippen LogP contribution in [0.3, 0.4) is 0 Å². The molecule has 0 saturated carbocycles. The van der Waals surface area contributed by atoms with Crippen LogP contribution in [0.5, 0.6) is 0 Å². The average molecular weight is 256 g/mol. The summed E-state index contributed by atoms with van der Waals surface area (Å²) < 4.78 is 2.03. The molecule has 1 aromatic heterocycles. The third kappa shape index (κ3) is 2.54. The second kappa shape index (κ2) is 5.53. The van der Waals surface area contributed by atoms with Crippen LogP contribution >= 0.6 is 0 Å².